The Bertz CT molecular complexity index is 1180. The molecule has 4 rings (SSSR count). The molecule has 2 aliphatic rings. The zero-order valence-corrected chi connectivity index (χ0v) is 17.0. The molecule has 1 heterocycles. The normalized spacial score (nSPS) is 22.1. The first kappa shape index (κ1) is 20.2. The van der Waals surface area contributed by atoms with Crippen molar-refractivity contribution in [1.82, 2.24) is 0 Å². The van der Waals surface area contributed by atoms with E-state index in [2.05, 4.69) is 10.6 Å². The Hall–Kier alpha value is -3.07. The quantitative estimate of drug-likeness (QED) is 0.460. The molecule has 0 saturated carbocycles. The van der Waals surface area contributed by atoms with Gasteiger partial charge in [0.2, 0.25) is 0 Å². The van der Waals surface area contributed by atoms with Crippen LogP contribution in [0.5, 0.6) is 0 Å². The van der Waals surface area contributed by atoms with Crippen LogP contribution in [0.4, 0.5) is 11.4 Å². The Labute approximate surface area is 174 Å². The van der Waals surface area contributed by atoms with Crippen molar-refractivity contribution >= 4 is 27.6 Å². The highest BCUT2D eigenvalue weighted by Crippen LogP contribution is 2.42. The van der Waals surface area contributed by atoms with Crippen LogP contribution in [0, 0.1) is 5.92 Å². The largest absolute Gasteiger partial charge is 0.510 e. The monoisotopic (exact) mass is 426 g/mol. The molecule has 2 atom stereocenters. The molecule has 0 spiro atoms. The fourth-order valence-corrected chi connectivity index (χ4v) is 4.26. The summed E-state index contributed by atoms with van der Waals surface area (Å²) >= 11 is 0. The van der Waals surface area contributed by atoms with Gasteiger partial charge in [0.25, 0.3) is 10.1 Å². The van der Waals surface area contributed by atoms with E-state index < -0.39 is 22.1 Å². The molecule has 0 saturated heterocycles. The Morgan fingerprint density at radius 2 is 1.80 bits per heavy atom. The number of nitrogens with one attached hydrogen (secondary N) is 2. The Morgan fingerprint density at radius 1 is 1.10 bits per heavy atom. The molecule has 0 radical (unpaired) electrons. The third-order valence-electron chi connectivity index (χ3n) is 5.38. The minimum Gasteiger partial charge on any atom is -0.510 e. The van der Waals surface area contributed by atoms with Gasteiger partial charge in [-0.2, -0.15) is 8.42 Å². The van der Waals surface area contributed by atoms with Gasteiger partial charge >= 0.3 is 0 Å². The van der Waals surface area contributed by atoms with Gasteiger partial charge in [0.05, 0.1) is 16.5 Å². The van der Waals surface area contributed by atoms with Gasteiger partial charge in [0.1, 0.15) is 11.9 Å². The molecule has 1 aliphatic heterocycles. The number of para-hydroxylation sites is 1. The first-order valence-corrected chi connectivity index (χ1v) is 11.0. The molecule has 0 bridgehead atoms. The number of allylic oxidation sites excluding steroid dienone is 1. The molecule has 2 aromatic rings. The van der Waals surface area contributed by atoms with Crippen LogP contribution in [0.25, 0.3) is 6.08 Å². The second-order valence-corrected chi connectivity index (χ2v) is 8.61. The summed E-state index contributed by atoms with van der Waals surface area (Å²) in [6.45, 7) is 1.97. The molecule has 2 aromatic carbocycles. The van der Waals surface area contributed by atoms with Gasteiger partial charge in [-0.3, -0.25) is 4.55 Å². The number of rotatable bonds is 5. The summed E-state index contributed by atoms with van der Waals surface area (Å²) in [5.41, 5.74) is 4.53. The van der Waals surface area contributed by atoms with Crippen molar-refractivity contribution in [3.8, 4) is 0 Å². The molecule has 30 heavy (non-hydrogen) atoms. The summed E-state index contributed by atoms with van der Waals surface area (Å²) in [6.07, 6.45) is 3.65. The number of hydrogen-bond acceptors (Lipinski definition) is 6. The van der Waals surface area contributed by atoms with E-state index in [4.69, 9.17) is 4.55 Å². The average molecular weight is 426 g/mol. The lowest BCUT2D eigenvalue weighted by molar-refractivity contribution is 0.102. The van der Waals surface area contributed by atoms with Gasteiger partial charge in [-0.15, -0.1) is 0 Å². The van der Waals surface area contributed by atoms with Crippen LogP contribution in [0.3, 0.4) is 0 Å². The maximum atomic E-state index is 11.1. The predicted molar refractivity (Wildman–Crippen MR) is 115 cm³/mol. The molecule has 2 unspecified atom stereocenters. The molecular formula is C22H22N2O5S. The second-order valence-electron chi connectivity index (χ2n) is 7.18. The molecule has 7 nitrogen and oxygen atoms in total. The molecule has 0 aromatic heterocycles. The van der Waals surface area contributed by atoms with Gasteiger partial charge < -0.3 is 20.8 Å². The highest BCUT2D eigenvalue weighted by molar-refractivity contribution is 7.85. The fourth-order valence-electron chi connectivity index (χ4n) is 3.78. The van der Waals surface area contributed by atoms with E-state index in [-0.39, 0.29) is 16.4 Å². The molecular weight excluding hydrogens is 404 g/mol. The van der Waals surface area contributed by atoms with Gasteiger partial charge in [-0.1, -0.05) is 31.2 Å². The van der Waals surface area contributed by atoms with Crippen LogP contribution in [0.15, 0.2) is 82.2 Å². The maximum absolute atomic E-state index is 11.1. The van der Waals surface area contributed by atoms with E-state index in [1.165, 1.54) is 24.3 Å². The van der Waals surface area contributed by atoms with Crippen molar-refractivity contribution in [2.75, 3.05) is 10.6 Å². The number of aliphatic hydroxyl groups is 2. The van der Waals surface area contributed by atoms with Crippen LogP contribution >= 0.6 is 0 Å². The Balaban J connectivity index is 1.58. The number of fused-ring (bicyclic) bond motifs is 1. The Kier molecular flexibility index (Phi) is 5.15. The average Bonchev–Trinajstić information content (AvgIpc) is 2.75. The van der Waals surface area contributed by atoms with E-state index >= 15 is 0 Å². The van der Waals surface area contributed by atoms with E-state index in [0.29, 0.717) is 12.1 Å². The lowest BCUT2D eigenvalue weighted by atomic mass is 9.77. The predicted octanol–water partition coefficient (Wildman–Crippen LogP) is 3.91. The van der Waals surface area contributed by atoms with Crippen molar-refractivity contribution in [3.05, 3.63) is 82.9 Å². The summed E-state index contributed by atoms with van der Waals surface area (Å²) in [5, 5.41) is 27.7. The maximum Gasteiger partial charge on any atom is 0.294 e. The van der Waals surface area contributed by atoms with Crippen LogP contribution in [-0.2, 0) is 10.1 Å². The molecule has 156 valence electrons. The summed E-state index contributed by atoms with van der Waals surface area (Å²) < 4.78 is 31.3. The second kappa shape index (κ2) is 7.64. The number of hydrogen-bond donors (Lipinski definition) is 5. The van der Waals surface area contributed by atoms with Crippen molar-refractivity contribution in [3.63, 3.8) is 0 Å². The van der Waals surface area contributed by atoms with E-state index in [1.54, 1.807) is 0 Å². The minimum atomic E-state index is -4.28. The number of benzene rings is 2. The minimum absolute atomic E-state index is 0.0414. The lowest BCUT2D eigenvalue weighted by Crippen LogP contribution is -2.41. The summed E-state index contributed by atoms with van der Waals surface area (Å²) in [6, 6.07) is 13.3. The summed E-state index contributed by atoms with van der Waals surface area (Å²) in [5.74, 6) is -0.494. The van der Waals surface area contributed by atoms with E-state index in [9.17, 15) is 18.6 Å². The van der Waals surface area contributed by atoms with Crippen molar-refractivity contribution < 1.29 is 23.2 Å². The topological polar surface area (TPSA) is 119 Å². The van der Waals surface area contributed by atoms with Crippen LogP contribution < -0.4 is 10.6 Å². The standard InChI is InChI=1S/C22H22N2O5S/c1-2-16(18-12-7-13-5-3-4-6-17(13)24-18)19-21(25)20(22(19)26)23-14-8-10-15(11-9-14)30(27,28)29/h3-12,19,21,23-26H,2H2,1H3,(H,27,28,29). The smallest absolute Gasteiger partial charge is 0.294 e. The van der Waals surface area contributed by atoms with Crippen molar-refractivity contribution in [2.45, 2.75) is 24.3 Å². The zero-order valence-electron chi connectivity index (χ0n) is 16.2. The van der Waals surface area contributed by atoms with Crippen LogP contribution in [-0.4, -0.2) is 29.3 Å². The van der Waals surface area contributed by atoms with Gasteiger partial charge in [-0.05, 0) is 54.0 Å². The van der Waals surface area contributed by atoms with Gasteiger partial charge in [0, 0.05) is 17.1 Å². The first-order valence-electron chi connectivity index (χ1n) is 9.52. The molecule has 8 heteroatoms. The summed E-state index contributed by atoms with van der Waals surface area (Å²) in [4.78, 5) is -0.230. The van der Waals surface area contributed by atoms with Crippen molar-refractivity contribution in [1.29, 1.82) is 0 Å². The van der Waals surface area contributed by atoms with E-state index in [1.807, 2.05) is 43.3 Å². The first-order chi connectivity index (χ1) is 14.3. The third-order valence-corrected chi connectivity index (χ3v) is 6.24. The van der Waals surface area contributed by atoms with Gasteiger partial charge in [-0.25, -0.2) is 0 Å². The summed E-state index contributed by atoms with van der Waals surface area (Å²) in [7, 11) is -4.28. The lowest BCUT2D eigenvalue weighted by Gasteiger charge is -2.38. The highest BCUT2D eigenvalue weighted by atomic mass is 32.2. The van der Waals surface area contributed by atoms with Gasteiger partial charge in [0.15, 0.2) is 0 Å². The fraction of sp³-hybridized carbons (Fsp3) is 0.182. The van der Waals surface area contributed by atoms with Crippen LogP contribution in [0.2, 0.25) is 0 Å². The molecule has 1 aliphatic carbocycles. The Morgan fingerprint density at radius 3 is 2.43 bits per heavy atom. The molecule has 0 amide bonds. The van der Waals surface area contributed by atoms with E-state index in [0.717, 1.165) is 22.5 Å². The number of anilines is 2. The van der Waals surface area contributed by atoms with Crippen LogP contribution in [0.1, 0.15) is 18.9 Å². The zero-order chi connectivity index (χ0) is 21.5. The van der Waals surface area contributed by atoms with Crippen molar-refractivity contribution in [2.24, 2.45) is 5.92 Å². The molecule has 0 fully saturated rings. The SMILES string of the molecule is CCC(=C1C=Cc2ccccc2N1)C1C(O)=C(Nc2ccc(S(=O)(=O)O)cc2)C1O. The highest BCUT2D eigenvalue weighted by Gasteiger charge is 2.42. The third kappa shape index (κ3) is 3.60. The number of aliphatic hydroxyl groups excluding tert-OH is 2. The molecule has 5 N–H and O–H groups in total.